The van der Waals surface area contributed by atoms with E-state index in [4.69, 9.17) is 5.73 Å². The van der Waals surface area contributed by atoms with Crippen LogP contribution in [0.3, 0.4) is 0 Å². The highest BCUT2D eigenvalue weighted by atomic mass is 16.3. The minimum atomic E-state index is -0.676. The fourth-order valence-corrected chi connectivity index (χ4v) is 4.28. The number of nitriles is 1. The average molecular weight is 437 g/mol. The first-order chi connectivity index (χ1) is 15.4. The second kappa shape index (κ2) is 9.10. The zero-order chi connectivity index (χ0) is 22.7. The molecule has 2 heterocycles. The highest BCUT2D eigenvalue weighted by molar-refractivity contribution is 6.02. The van der Waals surface area contributed by atoms with Crippen LogP contribution in [0.2, 0.25) is 0 Å². The topological polar surface area (TPSA) is 137 Å². The van der Waals surface area contributed by atoms with Gasteiger partial charge in [-0.1, -0.05) is 30.3 Å². The molecule has 0 spiro atoms. The van der Waals surface area contributed by atoms with Crippen molar-refractivity contribution in [3.05, 3.63) is 47.7 Å². The minimum absolute atomic E-state index is 0.0386. The number of rotatable bonds is 8. The van der Waals surface area contributed by atoms with Crippen molar-refractivity contribution in [2.45, 2.75) is 50.3 Å². The number of hydrogen-bond acceptors (Lipinski definition) is 6. The van der Waals surface area contributed by atoms with Gasteiger partial charge in [-0.15, -0.1) is 0 Å². The Bertz CT molecular complexity index is 1020. The van der Waals surface area contributed by atoms with E-state index in [9.17, 15) is 20.0 Å². The van der Waals surface area contributed by atoms with Crippen molar-refractivity contribution >= 4 is 17.6 Å². The number of anilines is 1. The first-order valence-corrected chi connectivity index (χ1v) is 11.0. The second-order valence-corrected chi connectivity index (χ2v) is 8.73. The van der Waals surface area contributed by atoms with Crippen LogP contribution in [0.15, 0.2) is 36.5 Å². The number of amides is 2. The molecule has 0 bridgehead atoms. The predicted octanol–water partition coefficient (Wildman–Crippen LogP) is 1.60. The number of piperidine rings is 1. The smallest absolute Gasteiger partial charge is 0.254 e. The number of hydrogen-bond donors (Lipinski definition) is 3. The van der Waals surface area contributed by atoms with Crippen LogP contribution in [0.25, 0.3) is 0 Å². The summed E-state index contributed by atoms with van der Waals surface area (Å²) in [6.07, 6.45) is 4.45. The monoisotopic (exact) mass is 436 g/mol. The number of nitrogens with two attached hydrogens (primary N) is 1. The van der Waals surface area contributed by atoms with Crippen molar-refractivity contribution in [1.82, 2.24) is 14.7 Å². The van der Waals surface area contributed by atoms with Gasteiger partial charge in [0.05, 0.1) is 18.0 Å². The lowest BCUT2D eigenvalue weighted by Crippen LogP contribution is -2.50. The van der Waals surface area contributed by atoms with Gasteiger partial charge in [0.2, 0.25) is 5.91 Å². The average Bonchev–Trinajstić information content (AvgIpc) is 3.55. The third-order valence-electron chi connectivity index (χ3n) is 6.47. The molecular weight excluding hydrogens is 408 g/mol. The van der Waals surface area contributed by atoms with Crippen molar-refractivity contribution in [2.75, 3.05) is 18.4 Å². The molecule has 32 heavy (non-hydrogen) atoms. The molecule has 1 unspecified atom stereocenters. The van der Waals surface area contributed by atoms with Crippen LogP contribution in [0.5, 0.6) is 0 Å². The Morgan fingerprint density at radius 2 is 1.97 bits per heavy atom. The quantitative estimate of drug-likeness (QED) is 0.575. The first kappa shape index (κ1) is 22.0. The van der Waals surface area contributed by atoms with Crippen LogP contribution in [0, 0.1) is 17.2 Å². The van der Waals surface area contributed by atoms with Gasteiger partial charge in [-0.05, 0) is 31.2 Å². The van der Waals surface area contributed by atoms with Crippen molar-refractivity contribution in [1.29, 1.82) is 5.26 Å². The summed E-state index contributed by atoms with van der Waals surface area (Å²) in [6, 6.07) is 12.1. The van der Waals surface area contributed by atoms with Gasteiger partial charge in [0.1, 0.15) is 11.8 Å². The van der Waals surface area contributed by atoms with E-state index in [0.717, 1.165) is 18.4 Å². The Balaban J connectivity index is 1.50. The standard InChI is InChI=1S/C23H28N6O3/c24-11-8-23(9-12-28(13-10-23)19(30)14-16-4-2-1-3-5-16)29-15-18(20(25)31)21(27-29)26-22(32)17-6-7-17/h1-5,15,17,19,30H,6-10,12-14H2,(H2,25,31)(H,26,27,32). The highest BCUT2D eigenvalue weighted by Gasteiger charge is 2.40. The number of carbonyl (C=O) groups excluding carboxylic acids is 2. The number of nitrogens with one attached hydrogen (secondary N) is 1. The number of aliphatic hydroxyl groups is 1. The molecule has 9 heteroatoms. The van der Waals surface area contributed by atoms with Crippen LogP contribution in [-0.4, -0.2) is 50.9 Å². The molecule has 4 rings (SSSR count). The van der Waals surface area contributed by atoms with Crippen LogP contribution in [0.1, 0.15) is 48.0 Å². The largest absolute Gasteiger partial charge is 0.378 e. The lowest BCUT2D eigenvalue weighted by atomic mass is 9.84. The number of aromatic nitrogens is 2. The summed E-state index contributed by atoms with van der Waals surface area (Å²) in [5, 5.41) is 27.4. The Morgan fingerprint density at radius 1 is 1.28 bits per heavy atom. The third kappa shape index (κ3) is 4.66. The minimum Gasteiger partial charge on any atom is -0.378 e. The summed E-state index contributed by atoms with van der Waals surface area (Å²) in [6.45, 7) is 1.15. The second-order valence-electron chi connectivity index (χ2n) is 8.73. The molecule has 1 aromatic carbocycles. The summed E-state index contributed by atoms with van der Waals surface area (Å²) in [7, 11) is 0. The SMILES string of the molecule is N#CCC1(n2cc(C(N)=O)c(NC(=O)C3CC3)n2)CCN(C(O)Cc2ccccc2)CC1. The predicted molar refractivity (Wildman–Crippen MR) is 117 cm³/mol. The van der Waals surface area contributed by atoms with E-state index in [1.807, 2.05) is 35.2 Å². The van der Waals surface area contributed by atoms with Gasteiger partial charge in [-0.2, -0.15) is 10.4 Å². The molecule has 4 N–H and O–H groups in total. The number of aliphatic hydroxyl groups excluding tert-OH is 1. The van der Waals surface area contributed by atoms with Crippen molar-refractivity contribution in [3.8, 4) is 6.07 Å². The molecule has 2 amide bonds. The fraction of sp³-hybridized carbons (Fsp3) is 0.478. The van der Waals surface area contributed by atoms with Gasteiger partial charge >= 0.3 is 0 Å². The molecule has 2 aromatic rings. The fourth-order valence-electron chi connectivity index (χ4n) is 4.28. The molecule has 9 nitrogen and oxygen atoms in total. The zero-order valence-corrected chi connectivity index (χ0v) is 17.9. The molecule has 2 fully saturated rings. The Kier molecular flexibility index (Phi) is 6.26. The lowest BCUT2D eigenvalue weighted by Gasteiger charge is -2.42. The first-order valence-electron chi connectivity index (χ1n) is 11.0. The van der Waals surface area contributed by atoms with Crippen molar-refractivity contribution < 1.29 is 14.7 Å². The summed E-state index contributed by atoms with van der Waals surface area (Å²) in [4.78, 5) is 26.2. The molecule has 1 aliphatic heterocycles. The van der Waals surface area contributed by atoms with Gasteiger partial charge in [-0.25, -0.2) is 0 Å². The number of nitrogens with zero attached hydrogens (tertiary/aromatic N) is 4. The normalized spacial score (nSPS) is 19.1. The van der Waals surface area contributed by atoms with Crippen LogP contribution in [0.4, 0.5) is 5.82 Å². The maximum absolute atomic E-state index is 12.2. The van der Waals surface area contributed by atoms with Crippen molar-refractivity contribution in [2.24, 2.45) is 11.7 Å². The maximum Gasteiger partial charge on any atom is 0.254 e. The van der Waals surface area contributed by atoms with Gasteiger partial charge in [0.25, 0.3) is 5.91 Å². The van der Waals surface area contributed by atoms with E-state index < -0.39 is 17.7 Å². The summed E-state index contributed by atoms with van der Waals surface area (Å²) >= 11 is 0. The Hall–Kier alpha value is -3.22. The van der Waals surface area contributed by atoms with E-state index in [1.165, 1.54) is 6.20 Å². The van der Waals surface area contributed by atoms with E-state index in [1.54, 1.807) is 4.68 Å². The van der Waals surface area contributed by atoms with Crippen molar-refractivity contribution in [3.63, 3.8) is 0 Å². The number of likely N-dealkylation sites (tertiary alicyclic amines) is 1. The van der Waals surface area contributed by atoms with Gasteiger partial charge in [0, 0.05) is 31.6 Å². The molecule has 1 saturated heterocycles. The van der Waals surface area contributed by atoms with Gasteiger partial charge in [-0.3, -0.25) is 19.2 Å². The molecule has 0 radical (unpaired) electrons. The molecule has 1 aromatic heterocycles. The van der Waals surface area contributed by atoms with E-state index in [2.05, 4.69) is 16.5 Å². The summed E-state index contributed by atoms with van der Waals surface area (Å²) < 4.78 is 1.62. The van der Waals surface area contributed by atoms with Gasteiger partial charge < -0.3 is 16.2 Å². The summed E-state index contributed by atoms with van der Waals surface area (Å²) in [5.74, 6) is -0.724. The van der Waals surface area contributed by atoms with Crippen LogP contribution < -0.4 is 11.1 Å². The van der Waals surface area contributed by atoms with E-state index in [0.29, 0.717) is 32.4 Å². The van der Waals surface area contributed by atoms with Gasteiger partial charge in [0.15, 0.2) is 5.82 Å². The lowest BCUT2D eigenvalue weighted by molar-refractivity contribution is -0.117. The maximum atomic E-state index is 12.2. The molecule has 168 valence electrons. The number of benzene rings is 1. The van der Waals surface area contributed by atoms with Crippen LogP contribution >= 0.6 is 0 Å². The molecule has 2 aliphatic rings. The van der Waals surface area contributed by atoms with Crippen LogP contribution in [-0.2, 0) is 16.8 Å². The summed E-state index contributed by atoms with van der Waals surface area (Å²) in [5.41, 5.74) is 6.09. The Morgan fingerprint density at radius 3 is 2.56 bits per heavy atom. The Labute approximate surface area is 186 Å². The molecule has 1 aliphatic carbocycles. The number of carbonyl (C=O) groups is 2. The van der Waals surface area contributed by atoms with E-state index in [-0.39, 0.29) is 29.6 Å². The highest BCUT2D eigenvalue weighted by Crippen LogP contribution is 2.36. The molecular formula is C23H28N6O3. The number of primary amides is 1. The third-order valence-corrected chi connectivity index (χ3v) is 6.47. The zero-order valence-electron chi connectivity index (χ0n) is 17.9. The molecule has 1 atom stereocenters. The molecule has 1 saturated carbocycles. The van der Waals surface area contributed by atoms with E-state index >= 15 is 0 Å².